The number of rotatable bonds is 35. The summed E-state index contributed by atoms with van der Waals surface area (Å²) in [6, 6.07) is 0. The number of hydrogen-bond donors (Lipinski definition) is 6. The summed E-state index contributed by atoms with van der Waals surface area (Å²) in [4.78, 5) is 35.6. The molecule has 0 saturated heterocycles. The molecule has 6 unspecified atom stereocenters. The maximum absolute atomic E-state index is 12.8. The fourth-order valence-corrected chi connectivity index (χ4v) is 7.37. The van der Waals surface area contributed by atoms with E-state index in [2.05, 4.69) is 62.5 Å². The largest absolute Gasteiger partial charge is 0.472 e. The second-order valence-corrected chi connectivity index (χ2v) is 16.6. The van der Waals surface area contributed by atoms with Crippen LogP contribution in [-0.4, -0.2) is 98.3 Å². The van der Waals surface area contributed by atoms with E-state index < -0.39 is 75.7 Å². The van der Waals surface area contributed by atoms with Gasteiger partial charge in [-0.25, -0.2) is 4.57 Å². The highest BCUT2D eigenvalue weighted by Crippen LogP contribution is 2.47. The third kappa shape index (κ3) is 26.8. The number of carbonyl (C=O) groups is 2. The molecule has 1 rings (SSSR count). The maximum atomic E-state index is 12.8. The summed E-state index contributed by atoms with van der Waals surface area (Å²) in [5.41, 5.74) is 0. The van der Waals surface area contributed by atoms with Crippen LogP contribution in [0.2, 0.25) is 0 Å². The zero-order chi connectivity index (χ0) is 42.9. The van der Waals surface area contributed by atoms with Gasteiger partial charge in [0.1, 0.15) is 43.2 Å². The Hall–Kier alpha value is -2.19. The Labute approximate surface area is 348 Å². The van der Waals surface area contributed by atoms with Gasteiger partial charge in [-0.3, -0.25) is 18.6 Å². The first kappa shape index (κ1) is 53.8. The highest BCUT2D eigenvalue weighted by molar-refractivity contribution is 7.47. The molecule has 0 heterocycles. The molecule has 0 aromatic heterocycles. The van der Waals surface area contributed by atoms with E-state index in [0.717, 1.165) is 70.6 Å². The number of hydrogen-bond acceptors (Lipinski definition) is 12. The van der Waals surface area contributed by atoms with Crippen LogP contribution in [-0.2, 0) is 32.7 Å². The number of aliphatic hydroxyl groups excluding tert-OH is 5. The normalized spacial score (nSPS) is 23.0. The third-order valence-electron chi connectivity index (χ3n) is 9.93. The molecule has 6 N–H and O–H groups in total. The second-order valence-electron chi connectivity index (χ2n) is 15.2. The van der Waals surface area contributed by atoms with Gasteiger partial charge in [-0.2, -0.15) is 0 Å². The minimum atomic E-state index is -5.12. The lowest BCUT2D eigenvalue weighted by atomic mass is 9.85. The van der Waals surface area contributed by atoms with Crippen molar-refractivity contribution in [1.29, 1.82) is 0 Å². The predicted molar refractivity (Wildman–Crippen MR) is 226 cm³/mol. The molecule has 0 aliphatic heterocycles. The van der Waals surface area contributed by atoms with E-state index in [-0.39, 0.29) is 12.8 Å². The number of ether oxygens (including phenoxy) is 2. The Balaban J connectivity index is 2.51. The lowest BCUT2D eigenvalue weighted by Gasteiger charge is -2.41. The van der Waals surface area contributed by atoms with E-state index in [0.29, 0.717) is 12.8 Å². The molecule has 0 aromatic carbocycles. The molecule has 0 amide bonds. The topological polar surface area (TPSA) is 210 Å². The number of aliphatic hydroxyl groups is 5. The van der Waals surface area contributed by atoms with Gasteiger partial charge >= 0.3 is 19.8 Å². The van der Waals surface area contributed by atoms with E-state index in [9.17, 15) is 44.6 Å². The van der Waals surface area contributed by atoms with Gasteiger partial charge < -0.3 is 39.9 Å². The lowest BCUT2D eigenvalue weighted by molar-refractivity contribution is -0.220. The first-order chi connectivity index (χ1) is 27.9. The fraction of sp³-hybridized carbons (Fsp3) is 0.773. The van der Waals surface area contributed by atoms with E-state index in [4.69, 9.17) is 18.5 Å². The maximum Gasteiger partial charge on any atom is 0.472 e. The molecule has 58 heavy (non-hydrogen) atoms. The van der Waals surface area contributed by atoms with Crippen molar-refractivity contribution in [3.8, 4) is 0 Å². The molecule has 13 nitrogen and oxygen atoms in total. The van der Waals surface area contributed by atoms with Gasteiger partial charge in [0.15, 0.2) is 6.10 Å². The summed E-state index contributed by atoms with van der Waals surface area (Å²) >= 11 is 0. The van der Waals surface area contributed by atoms with Crippen LogP contribution in [0.4, 0.5) is 0 Å². The van der Waals surface area contributed by atoms with Crippen LogP contribution in [0.5, 0.6) is 0 Å². The average molecular weight is 845 g/mol. The minimum Gasteiger partial charge on any atom is -0.462 e. The Morgan fingerprint density at radius 1 is 0.552 bits per heavy atom. The number of phosphoric acid groups is 1. The monoisotopic (exact) mass is 845 g/mol. The van der Waals surface area contributed by atoms with Crippen LogP contribution < -0.4 is 0 Å². The molecule has 0 bridgehead atoms. The fourth-order valence-electron chi connectivity index (χ4n) is 6.40. The molecule has 0 aromatic rings. The van der Waals surface area contributed by atoms with Gasteiger partial charge in [0.25, 0.3) is 0 Å². The van der Waals surface area contributed by atoms with Gasteiger partial charge in [0.05, 0.1) is 6.61 Å². The molecule has 1 saturated carbocycles. The highest BCUT2D eigenvalue weighted by Gasteiger charge is 2.51. The number of phosphoric ester groups is 1. The number of carbonyl (C=O) groups excluding carboxylic acids is 2. The molecule has 14 heteroatoms. The summed E-state index contributed by atoms with van der Waals surface area (Å²) in [6.07, 6.45) is 26.0. The first-order valence-corrected chi connectivity index (χ1v) is 23.4. The molecule has 6 atom stereocenters. The van der Waals surface area contributed by atoms with Gasteiger partial charge in [0, 0.05) is 12.8 Å². The molecule has 1 fully saturated rings. The van der Waals surface area contributed by atoms with E-state index >= 15 is 0 Å². The second kappa shape index (κ2) is 34.5. The molecule has 336 valence electrons. The third-order valence-corrected chi connectivity index (χ3v) is 10.9. The zero-order valence-electron chi connectivity index (χ0n) is 35.3. The molecule has 0 spiro atoms. The minimum absolute atomic E-state index is 0.0686. The van der Waals surface area contributed by atoms with Crippen molar-refractivity contribution in [3.63, 3.8) is 0 Å². The molecule has 1 aliphatic rings. The average Bonchev–Trinajstić information content (AvgIpc) is 3.20. The Morgan fingerprint density at radius 3 is 1.50 bits per heavy atom. The van der Waals surface area contributed by atoms with Gasteiger partial charge in [-0.05, 0) is 51.4 Å². The van der Waals surface area contributed by atoms with Crippen molar-refractivity contribution in [2.45, 2.75) is 204 Å². The van der Waals surface area contributed by atoms with Crippen molar-refractivity contribution in [1.82, 2.24) is 0 Å². The van der Waals surface area contributed by atoms with Crippen molar-refractivity contribution in [3.05, 3.63) is 48.6 Å². The highest BCUT2D eigenvalue weighted by atomic mass is 31.2. The van der Waals surface area contributed by atoms with E-state index in [1.807, 2.05) is 0 Å². The summed E-state index contributed by atoms with van der Waals surface area (Å²) in [7, 11) is -5.12. The van der Waals surface area contributed by atoms with Crippen LogP contribution in [0, 0.1) is 0 Å². The molecule has 1 aliphatic carbocycles. The predicted octanol–water partition coefficient (Wildman–Crippen LogP) is 8.00. The van der Waals surface area contributed by atoms with Gasteiger partial charge in [0.2, 0.25) is 0 Å². The molecule has 0 radical (unpaired) electrons. The van der Waals surface area contributed by atoms with Crippen LogP contribution >= 0.6 is 7.82 Å². The van der Waals surface area contributed by atoms with Crippen LogP contribution in [0.1, 0.15) is 162 Å². The van der Waals surface area contributed by atoms with Gasteiger partial charge in [-0.15, -0.1) is 0 Å². The molecular weight excluding hydrogens is 767 g/mol. The van der Waals surface area contributed by atoms with Gasteiger partial charge in [-0.1, -0.05) is 146 Å². The van der Waals surface area contributed by atoms with Crippen molar-refractivity contribution >= 4 is 19.8 Å². The van der Waals surface area contributed by atoms with Crippen molar-refractivity contribution < 1.29 is 63.1 Å². The number of esters is 2. The summed E-state index contributed by atoms with van der Waals surface area (Å²) in [5, 5.41) is 50.1. The number of allylic oxidation sites excluding steroid dienone is 8. The first-order valence-electron chi connectivity index (χ1n) is 21.9. The summed E-state index contributed by atoms with van der Waals surface area (Å²) in [6.45, 7) is 3.15. The van der Waals surface area contributed by atoms with Crippen LogP contribution in [0.15, 0.2) is 48.6 Å². The smallest absolute Gasteiger partial charge is 0.462 e. The Morgan fingerprint density at radius 2 is 0.983 bits per heavy atom. The Kier molecular flexibility index (Phi) is 32.0. The van der Waals surface area contributed by atoms with Crippen molar-refractivity contribution in [2.75, 3.05) is 13.2 Å². The van der Waals surface area contributed by atoms with Crippen molar-refractivity contribution in [2.24, 2.45) is 0 Å². The molecular formula is C44H77O13P. The Bertz CT molecular complexity index is 1210. The lowest BCUT2D eigenvalue weighted by Crippen LogP contribution is -2.64. The number of unbranched alkanes of at least 4 members (excludes halogenated alkanes) is 15. The zero-order valence-corrected chi connectivity index (χ0v) is 36.2. The van der Waals surface area contributed by atoms with Crippen LogP contribution in [0.25, 0.3) is 0 Å². The summed E-state index contributed by atoms with van der Waals surface area (Å²) < 4.78 is 33.4. The standard InChI is InChI=1S/C44H77O13P/c1-3-5-7-9-11-13-15-17-18-19-20-21-23-25-27-29-31-33-38(46)56-36(34-54-37(45)32-30-28-26-24-22-16-14-12-10-8-6-4-2)35-55-58(52,53)57-44-42(50)40(48)39(47)41(49)43(44)51/h5,7,11,13,17-18,20-21,36,39-44,47-51H,3-4,6,8-10,12,14-16,19,22-35H2,1-2H3,(H,52,53)/b7-5-,13-11-,18-17-,21-20-. The quantitative estimate of drug-likeness (QED) is 0.0155. The van der Waals surface area contributed by atoms with E-state index in [1.165, 1.54) is 51.4 Å². The van der Waals surface area contributed by atoms with Crippen LogP contribution in [0.3, 0.4) is 0 Å². The summed E-state index contributed by atoms with van der Waals surface area (Å²) in [5.74, 6) is -1.13. The SMILES string of the molecule is CC/C=C\C/C=C\C/C=C\C/C=C\CCCCCCC(=O)OC(COC(=O)CCCCCCCCCCCCCC)COP(=O)(O)OC1C(O)C(O)C(O)C(O)C1O. The van der Waals surface area contributed by atoms with E-state index in [1.54, 1.807) is 0 Å².